The second kappa shape index (κ2) is 3.81. The van der Waals surface area contributed by atoms with Gasteiger partial charge in [-0.1, -0.05) is 37.3 Å². The monoisotopic (exact) mass is 268 g/mol. The van der Waals surface area contributed by atoms with Crippen molar-refractivity contribution in [1.82, 2.24) is 0 Å². The molecular formula is C16H12S2. The first-order valence-electron chi connectivity index (χ1n) is 6.19. The fourth-order valence-electron chi connectivity index (χ4n) is 2.53. The summed E-state index contributed by atoms with van der Waals surface area (Å²) in [5, 5.41) is 4.29. The van der Waals surface area contributed by atoms with E-state index in [1.807, 2.05) is 22.7 Å². The minimum Gasteiger partial charge on any atom is -0.124 e. The zero-order chi connectivity index (χ0) is 12.1. The molecular weight excluding hydrogens is 256 g/mol. The van der Waals surface area contributed by atoms with Crippen LogP contribution in [-0.4, -0.2) is 0 Å². The molecule has 2 heterocycles. The minimum absolute atomic E-state index is 1.11. The maximum absolute atomic E-state index is 2.35. The molecule has 0 aliphatic carbocycles. The molecule has 0 saturated carbocycles. The standard InChI is InChI=1S/C16H12S2/c1-2-10-7-8-12-14(9-10)18-16-15(12)11-5-3-4-6-13(11)17-16/h3-9H,2H2,1H3. The summed E-state index contributed by atoms with van der Waals surface area (Å²) in [6.07, 6.45) is 1.11. The zero-order valence-corrected chi connectivity index (χ0v) is 11.7. The topological polar surface area (TPSA) is 0 Å². The van der Waals surface area contributed by atoms with Crippen LogP contribution in [0, 0.1) is 0 Å². The van der Waals surface area contributed by atoms with Crippen molar-refractivity contribution in [2.45, 2.75) is 13.3 Å². The fourth-order valence-corrected chi connectivity index (χ4v) is 5.19. The molecule has 0 saturated heterocycles. The Bertz CT molecular complexity index is 865. The molecule has 0 nitrogen and oxygen atoms in total. The highest BCUT2D eigenvalue weighted by Gasteiger charge is 2.11. The highest BCUT2D eigenvalue weighted by atomic mass is 32.2. The zero-order valence-electron chi connectivity index (χ0n) is 10.1. The molecule has 4 aromatic rings. The average molecular weight is 268 g/mol. The van der Waals surface area contributed by atoms with Crippen molar-refractivity contribution < 1.29 is 0 Å². The number of thiophene rings is 2. The van der Waals surface area contributed by atoms with E-state index < -0.39 is 0 Å². The van der Waals surface area contributed by atoms with Gasteiger partial charge in [-0.25, -0.2) is 0 Å². The van der Waals surface area contributed by atoms with Crippen LogP contribution in [0.15, 0.2) is 42.5 Å². The molecule has 4 rings (SSSR count). The van der Waals surface area contributed by atoms with Crippen molar-refractivity contribution >= 4 is 52.2 Å². The maximum Gasteiger partial charge on any atom is 0.0890 e. The second-order valence-corrected chi connectivity index (χ2v) is 6.91. The van der Waals surface area contributed by atoms with Crippen LogP contribution in [-0.2, 0) is 6.42 Å². The normalized spacial score (nSPS) is 11.8. The van der Waals surface area contributed by atoms with Gasteiger partial charge in [0.25, 0.3) is 0 Å². The quantitative estimate of drug-likeness (QED) is 0.407. The predicted octanol–water partition coefficient (Wildman–Crippen LogP) is 5.83. The third kappa shape index (κ3) is 1.36. The van der Waals surface area contributed by atoms with Gasteiger partial charge >= 0.3 is 0 Å². The summed E-state index contributed by atoms with van der Waals surface area (Å²) in [4.78, 5) is 0. The number of rotatable bonds is 1. The molecule has 0 fully saturated rings. The summed E-state index contributed by atoms with van der Waals surface area (Å²) in [5.41, 5.74) is 1.43. The average Bonchev–Trinajstić information content (AvgIpc) is 2.92. The van der Waals surface area contributed by atoms with Crippen LogP contribution in [0.1, 0.15) is 12.5 Å². The van der Waals surface area contributed by atoms with Gasteiger partial charge < -0.3 is 0 Å². The molecule has 0 atom stereocenters. The fraction of sp³-hybridized carbons (Fsp3) is 0.125. The number of aryl methyl sites for hydroxylation is 1. The highest BCUT2D eigenvalue weighted by molar-refractivity contribution is 7.44. The van der Waals surface area contributed by atoms with Crippen LogP contribution in [0.25, 0.3) is 29.6 Å². The van der Waals surface area contributed by atoms with Crippen LogP contribution < -0.4 is 0 Å². The Hall–Kier alpha value is -1.38. The Morgan fingerprint density at radius 2 is 1.67 bits per heavy atom. The summed E-state index contributed by atoms with van der Waals surface area (Å²) in [7, 11) is 0. The lowest BCUT2D eigenvalue weighted by molar-refractivity contribution is 1.15. The van der Waals surface area contributed by atoms with Gasteiger partial charge in [0.15, 0.2) is 0 Å². The minimum atomic E-state index is 1.11. The van der Waals surface area contributed by atoms with Crippen LogP contribution >= 0.6 is 22.7 Å². The van der Waals surface area contributed by atoms with Crippen molar-refractivity contribution in [3.8, 4) is 0 Å². The smallest absolute Gasteiger partial charge is 0.0890 e. The van der Waals surface area contributed by atoms with E-state index in [2.05, 4.69) is 49.4 Å². The van der Waals surface area contributed by atoms with Gasteiger partial charge in [-0.3, -0.25) is 0 Å². The van der Waals surface area contributed by atoms with Gasteiger partial charge in [-0.2, -0.15) is 0 Å². The molecule has 0 aliphatic heterocycles. The molecule has 0 N–H and O–H groups in total. The molecule has 0 aliphatic rings. The third-order valence-corrected chi connectivity index (χ3v) is 5.90. The van der Waals surface area contributed by atoms with E-state index in [-0.39, 0.29) is 0 Å². The SMILES string of the molecule is CCc1ccc2c(c1)sc1sc3ccccc3c12. The lowest BCUT2D eigenvalue weighted by atomic mass is 10.1. The van der Waals surface area contributed by atoms with Crippen molar-refractivity contribution in [3.63, 3.8) is 0 Å². The van der Waals surface area contributed by atoms with Gasteiger partial charge in [0.2, 0.25) is 0 Å². The van der Waals surface area contributed by atoms with E-state index in [4.69, 9.17) is 0 Å². The lowest BCUT2D eigenvalue weighted by Crippen LogP contribution is -1.76. The summed E-state index contributed by atoms with van der Waals surface area (Å²) in [5.74, 6) is 0. The molecule has 0 radical (unpaired) electrons. The summed E-state index contributed by atoms with van der Waals surface area (Å²) < 4.78 is 4.29. The molecule has 0 unspecified atom stereocenters. The molecule has 2 aromatic carbocycles. The first kappa shape index (κ1) is 10.5. The van der Waals surface area contributed by atoms with E-state index in [0.29, 0.717) is 0 Å². The van der Waals surface area contributed by atoms with Gasteiger partial charge in [0.1, 0.15) is 0 Å². The van der Waals surface area contributed by atoms with Crippen LogP contribution in [0.3, 0.4) is 0 Å². The Morgan fingerprint density at radius 3 is 2.56 bits per heavy atom. The molecule has 88 valence electrons. The number of hydrogen-bond donors (Lipinski definition) is 0. The number of fused-ring (bicyclic) bond motifs is 5. The number of benzene rings is 2. The van der Waals surface area contributed by atoms with Gasteiger partial charge in [-0.05, 0) is 24.1 Å². The summed E-state index contributed by atoms with van der Waals surface area (Å²) in [6, 6.07) is 15.6. The highest BCUT2D eigenvalue weighted by Crippen LogP contribution is 2.44. The van der Waals surface area contributed by atoms with Crippen LogP contribution in [0.5, 0.6) is 0 Å². The molecule has 0 amide bonds. The van der Waals surface area contributed by atoms with E-state index in [0.717, 1.165) is 6.42 Å². The second-order valence-electron chi connectivity index (χ2n) is 4.55. The lowest BCUT2D eigenvalue weighted by Gasteiger charge is -1.96. The summed E-state index contributed by atoms with van der Waals surface area (Å²) >= 11 is 3.85. The van der Waals surface area contributed by atoms with Crippen molar-refractivity contribution in [3.05, 3.63) is 48.0 Å². The van der Waals surface area contributed by atoms with E-state index >= 15 is 0 Å². The van der Waals surface area contributed by atoms with Crippen LogP contribution in [0.4, 0.5) is 0 Å². The van der Waals surface area contributed by atoms with Gasteiger partial charge in [0, 0.05) is 25.6 Å². The van der Waals surface area contributed by atoms with Crippen LogP contribution in [0.2, 0.25) is 0 Å². The van der Waals surface area contributed by atoms with E-state index in [1.165, 1.54) is 35.1 Å². The Kier molecular flexibility index (Phi) is 2.23. The van der Waals surface area contributed by atoms with Crippen molar-refractivity contribution in [2.75, 3.05) is 0 Å². The Labute approximate surface area is 113 Å². The number of hydrogen-bond acceptors (Lipinski definition) is 2. The maximum atomic E-state index is 2.35. The summed E-state index contributed by atoms with van der Waals surface area (Å²) in [6.45, 7) is 2.21. The molecule has 2 aromatic heterocycles. The first-order chi connectivity index (χ1) is 8.86. The molecule has 18 heavy (non-hydrogen) atoms. The van der Waals surface area contributed by atoms with Gasteiger partial charge in [-0.15, -0.1) is 22.7 Å². The van der Waals surface area contributed by atoms with E-state index in [1.54, 1.807) is 0 Å². The van der Waals surface area contributed by atoms with Crippen molar-refractivity contribution in [2.24, 2.45) is 0 Å². The third-order valence-electron chi connectivity index (χ3n) is 3.49. The van der Waals surface area contributed by atoms with E-state index in [9.17, 15) is 0 Å². The largest absolute Gasteiger partial charge is 0.124 e. The Balaban J connectivity index is 2.20. The Morgan fingerprint density at radius 1 is 0.889 bits per heavy atom. The molecule has 2 heteroatoms. The van der Waals surface area contributed by atoms with Crippen molar-refractivity contribution in [1.29, 1.82) is 0 Å². The molecule has 0 spiro atoms. The predicted molar refractivity (Wildman–Crippen MR) is 84.1 cm³/mol. The first-order valence-corrected chi connectivity index (χ1v) is 7.83. The molecule has 0 bridgehead atoms. The van der Waals surface area contributed by atoms with Gasteiger partial charge in [0.05, 0.1) is 4.01 Å².